The number of ether oxygens (including phenoxy) is 2. The maximum atomic E-state index is 12.8. The molecular weight excluding hydrogens is 460 g/mol. The normalized spacial score (nSPS) is 20.4. The van der Waals surface area contributed by atoms with E-state index in [1.807, 2.05) is 32.0 Å². The zero-order valence-electron chi connectivity index (χ0n) is 19.1. The highest BCUT2D eigenvalue weighted by Crippen LogP contribution is 2.32. The number of halogens is 1. The third kappa shape index (κ3) is 4.03. The number of nitrogens with zero attached hydrogens (tertiary/aromatic N) is 4. The van der Waals surface area contributed by atoms with Crippen LogP contribution in [0.1, 0.15) is 24.2 Å². The molecule has 1 aromatic carbocycles. The molecule has 1 saturated heterocycles. The van der Waals surface area contributed by atoms with Crippen molar-refractivity contribution in [3.05, 3.63) is 45.3 Å². The molecule has 11 heteroatoms. The molecule has 2 N–H and O–H groups in total. The molecular formula is C23H25ClN6O4. The highest BCUT2D eigenvalue weighted by Gasteiger charge is 2.26. The molecule has 1 fully saturated rings. The van der Waals surface area contributed by atoms with Gasteiger partial charge < -0.3 is 29.6 Å². The summed E-state index contributed by atoms with van der Waals surface area (Å²) >= 11 is 6.41. The molecule has 178 valence electrons. The number of hydrogen-bond acceptors (Lipinski definition) is 9. The summed E-state index contributed by atoms with van der Waals surface area (Å²) in [6.45, 7) is 6.01. The van der Waals surface area contributed by atoms with E-state index in [0.717, 1.165) is 0 Å². The lowest BCUT2D eigenvalue weighted by Crippen LogP contribution is -2.46. The van der Waals surface area contributed by atoms with Crippen LogP contribution < -0.4 is 21.1 Å². The lowest BCUT2D eigenvalue weighted by molar-refractivity contribution is -0.00571. The Bertz CT molecular complexity index is 1330. The molecule has 5 rings (SSSR count). The molecule has 2 atom stereocenters. The molecule has 0 amide bonds. The Kier molecular flexibility index (Phi) is 5.78. The van der Waals surface area contributed by atoms with Gasteiger partial charge in [0, 0.05) is 37.8 Å². The van der Waals surface area contributed by atoms with Crippen molar-refractivity contribution >= 4 is 51.6 Å². The number of pyridine rings is 1. The van der Waals surface area contributed by atoms with Gasteiger partial charge in [0.1, 0.15) is 17.2 Å². The molecule has 34 heavy (non-hydrogen) atoms. The second-order valence-electron chi connectivity index (χ2n) is 8.56. The molecule has 0 bridgehead atoms. The number of rotatable bonds is 3. The van der Waals surface area contributed by atoms with Crippen molar-refractivity contribution in [3.63, 3.8) is 0 Å². The van der Waals surface area contributed by atoms with Crippen LogP contribution in [0.25, 0.3) is 10.9 Å². The molecule has 0 radical (unpaired) electrons. The number of hydrogen-bond donors (Lipinski definition) is 2. The first-order valence-electron chi connectivity index (χ1n) is 11.1. The molecule has 4 heterocycles. The quantitative estimate of drug-likeness (QED) is 0.542. The molecule has 0 saturated carbocycles. The third-order valence-electron chi connectivity index (χ3n) is 5.93. The Morgan fingerprint density at radius 2 is 1.97 bits per heavy atom. The van der Waals surface area contributed by atoms with Gasteiger partial charge in [-0.25, -0.2) is 9.78 Å². The number of carbonyl (C=O) groups excluding carboxylic acids is 1. The third-order valence-corrected chi connectivity index (χ3v) is 6.21. The fourth-order valence-corrected chi connectivity index (χ4v) is 4.60. The van der Waals surface area contributed by atoms with E-state index in [4.69, 9.17) is 21.1 Å². The summed E-state index contributed by atoms with van der Waals surface area (Å²) in [5, 5.41) is 7.52. The van der Waals surface area contributed by atoms with Gasteiger partial charge in [0.05, 0.1) is 29.6 Å². The van der Waals surface area contributed by atoms with Gasteiger partial charge in [-0.2, -0.15) is 4.98 Å². The highest BCUT2D eigenvalue weighted by molar-refractivity contribution is 6.33. The fourth-order valence-electron chi connectivity index (χ4n) is 4.47. The van der Waals surface area contributed by atoms with Crippen molar-refractivity contribution in [2.75, 3.05) is 41.8 Å². The summed E-state index contributed by atoms with van der Waals surface area (Å²) in [5.74, 6) is 0.398. The predicted octanol–water partition coefficient (Wildman–Crippen LogP) is 2.92. The van der Waals surface area contributed by atoms with Gasteiger partial charge >= 0.3 is 5.97 Å². The molecule has 10 nitrogen and oxygen atoms in total. The summed E-state index contributed by atoms with van der Waals surface area (Å²) in [7, 11) is 1.63. The van der Waals surface area contributed by atoms with Crippen LogP contribution in [0.3, 0.4) is 0 Å². The summed E-state index contributed by atoms with van der Waals surface area (Å²) in [6.07, 6.45) is 1.72. The number of nitrogens with one attached hydrogen (secondary N) is 2. The van der Waals surface area contributed by atoms with E-state index in [0.29, 0.717) is 58.7 Å². The topological polar surface area (TPSA) is 111 Å². The first-order chi connectivity index (χ1) is 16.3. The first-order valence-corrected chi connectivity index (χ1v) is 11.5. The molecule has 2 unspecified atom stereocenters. The minimum Gasteiger partial charge on any atom is -0.460 e. The van der Waals surface area contributed by atoms with Gasteiger partial charge in [-0.3, -0.25) is 4.79 Å². The van der Waals surface area contributed by atoms with Gasteiger partial charge in [-0.15, -0.1) is 0 Å². The van der Waals surface area contributed by atoms with Crippen LogP contribution in [0.4, 0.5) is 23.1 Å². The van der Waals surface area contributed by atoms with Crippen molar-refractivity contribution in [3.8, 4) is 0 Å². The summed E-state index contributed by atoms with van der Waals surface area (Å²) in [5.41, 5.74) is 1.45. The van der Waals surface area contributed by atoms with Gasteiger partial charge in [-0.1, -0.05) is 11.6 Å². The number of carbonyl (C=O) groups is 1. The lowest BCUT2D eigenvalue weighted by atomic mass is 10.1. The van der Waals surface area contributed by atoms with Crippen LogP contribution in [-0.2, 0) is 16.5 Å². The SMILES string of the molecule is CC1CN(c2ncc(Cl)c(Nc3ccc4c(c3)c3c(c(=O)n4C)C(=O)OCCN3)n2)CC(C)O1. The number of benzene rings is 1. The zero-order chi connectivity index (χ0) is 24.0. The summed E-state index contributed by atoms with van der Waals surface area (Å²) in [6, 6.07) is 5.51. The maximum absolute atomic E-state index is 12.8. The van der Waals surface area contributed by atoms with E-state index in [9.17, 15) is 9.59 Å². The van der Waals surface area contributed by atoms with Crippen molar-refractivity contribution < 1.29 is 14.3 Å². The van der Waals surface area contributed by atoms with E-state index < -0.39 is 11.5 Å². The Morgan fingerprint density at radius 3 is 2.74 bits per heavy atom. The largest absolute Gasteiger partial charge is 0.460 e. The van der Waals surface area contributed by atoms with Crippen LogP contribution in [0, 0.1) is 0 Å². The first kappa shape index (κ1) is 22.4. The van der Waals surface area contributed by atoms with Crippen molar-refractivity contribution in [2.45, 2.75) is 26.1 Å². The van der Waals surface area contributed by atoms with Gasteiger partial charge in [0.2, 0.25) is 5.95 Å². The summed E-state index contributed by atoms with van der Waals surface area (Å²) in [4.78, 5) is 36.4. The van der Waals surface area contributed by atoms with Gasteiger partial charge in [0.15, 0.2) is 5.82 Å². The number of cyclic esters (lactones) is 1. The van der Waals surface area contributed by atoms with Crippen molar-refractivity contribution in [2.24, 2.45) is 7.05 Å². The van der Waals surface area contributed by atoms with Crippen molar-refractivity contribution in [1.82, 2.24) is 14.5 Å². The second-order valence-corrected chi connectivity index (χ2v) is 8.97. The Morgan fingerprint density at radius 1 is 1.21 bits per heavy atom. The van der Waals surface area contributed by atoms with Crippen molar-refractivity contribution in [1.29, 1.82) is 0 Å². The van der Waals surface area contributed by atoms with Crippen LogP contribution in [0.5, 0.6) is 0 Å². The zero-order valence-corrected chi connectivity index (χ0v) is 19.8. The standard InChI is InChI=1S/C23H25ClN6O4/c1-12-10-30(11-13(2)34-12)23-26-9-16(24)20(28-23)27-14-4-5-17-15(8-14)19-18(21(31)29(17)3)22(32)33-7-6-25-19/h4-5,8-9,12-13,25H,6-7,10-11H2,1-3H3,(H,26,27,28). The van der Waals surface area contributed by atoms with Crippen LogP contribution in [0.2, 0.25) is 5.02 Å². The monoisotopic (exact) mass is 484 g/mol. The Balaban J connectivity index is 1.54. The minimum atomic E-state index is -0.627. The number of anilines is 4. The van der Waals surface area contributed by atoms with Gasteiger partial charge in [0.25, 0.3) is 5.56 Å². The Hall–Kier alpha value is -3.37. The molecule has 0 aliphatic carbocycles. The number of morpholine rings is 1. The molecule has 3 aromatic rings. The van der Waals surface area contributed by atoms with E-state index in [2.05, 4.69) is 25.5 Å². The van der Waals surface area contributed by atoms with Crippen LogP contribution in [-0.4, -0.2) is 59.0 Å². The molecule has 2 aromatic heterocycles. The number of esters is 1. The average Bonchev–Trinajstić information content (AvgIpc) is 3.00. The minimum absolute atomic E-state index is 0.00237. The average molecular weight is 485 g/mol. The van der Waals surface area contributed by atoms with E-state index in [1.165, 1.54) is 4.57 Å². The highest BCUT2D eigenvalue weighted by atomic mass is 35.5. The molecule has 0 spiro atoms. The number of aromatic nitrogens is 3. The van der Waals surface area contributed by atoms with Crippen LogP contribution in [0.15, 0.2) is 29.2 Å². The number of fused-ring (bicyclic) bond motifs is 3. The number of aryl methyl sites for hydroxylation is 1. The maximum Gasteiger partial charge on any atom is 0.346 e. The smallest absolute Gasteiger partial charge is 0.346 e. The van der Waals surface area contributed by atoms with E-state index in [-0.39, 0.29) is 24.4 Å². The predicted molar refractivity (Wildman–Crippen MR) is 131 cm³/mol. The summed E-state index contributed by atoms with van der Waals surface area (Å²) < 4.78 is 12.4. The van der Waals surface area contributed by atoms with E-state index >= 15 is 0 Å². The molecule has 2 aliphatic rings. The second kappa shape index (κ2) is 8.77. The Labute approximate surface area is 200 Å². The molecule has 2 aliphatic heterocycles. The van der Waals surface area contributed by atoms with E-state index in [1.54, 1.807) is 13.2 Å². The van der Waals surface area contributed by atoms with Crippen LogP contribution >= 0.6 is 11.6 Å². The fraction of sp³-hybridized carbons (Fsp3) is 0.391. The lowest BCUT2D eigenvalue weighted by Gasteiger charge is -2.35. The van der Waals surface area contributed by atoms with Gasteiger partial charge in [-0.05, 0) is 32.0 Å².